The highest BCUT2D eigenvalue weighted by molar-refractivity contribution is 6.49. The third kappa shape index (κ3) is 1.72. The Morgan fingerprint density at radius 3 is 2.39 bits per heavy atom. The highest BCUT2D eigenvalue weighted by atomic mass is 35.5. The van der Waals surface area contributed by atoms with Crippen LogP contribution in [0.1, 0.15) is 0 Å². The Balaban J connectivity index is 2.71. The number of fused-ring (bicyclic) bond motifs is 3. The van der Waals surface area contributed by atoms with Crippen LogP contribution in [0.15, 0.2) is 24.5 Å². The summed E-state index contributed by atoms with van der Waals surface area (Å²) in [6.07, 6.45) is 3.08. The van der Waals surface area contributed by atoms with Gasteiger partial charge in [0, 0.05) is 23.2 Å². The minimum absolute atomic E-state index is 0.354. The van der Waals surface area contributed by atoms with Crippen molar-refractivity contribution in [3.8, 4) is 0 Å². The van der Waals surface area contributed by atoms with Gasteiger partial charge in [0.05, 0.1) is 31.1 Å². The average molecular weight is 318 g/mol. The first-order valence-corrected chi connectivity index (χ1v) is 6.47. The Morgan fingerprint density at radius 1 is 0.833 bits per heavy atom. The fraction of sp³-hybridized carbons (Fsp3) is 0. The highest BCUT2D eigenvalue weighted by Crippen LogP contribution is 2.39. The van der Waals surface area contributed by atoms with Crippen molar-refractivity contribution in [3.63, 3.8) is 0 Å². The van der Waals surface area contributed by atoms with Gasteiger partial charge in [-0.15, -0.1) is 0 Å². The summed E-state index contributed by atoms with van der Waals surface area (Å²) in [5.41, 5.74) is 1.22. The predicted octanol–water partition coefficient (Wildman–Crippen LogP) is 5.40. The second-order valence-corrected chi connectivity index (χ2v) is 5.29. The second kappa shape index (κ2) is 4.39. The zero-order valence-corrected chi connectivity index (χ0v) is 11.7. The van der Waals surface area contributed by atoms with Gasteiger partial charge >= 0.3 is 0 Å². The first kappa shape index (κ1) is 12.2. The summed E-state index contributed by atoms with van der Waals surface area (Å²) >= 11 is 24.6. The minimum Gasteiger partial charge on any atom is -0.256 e. The first-order chi connectivity index (χ1) is 8.59. The van der Waals surface area contributed by atoms with Crippen molar-refractivity contribution in [1.29, 1.82) is 0 Å². The van der Waals surface area contributed by atoms with E-state index in [-0.39, 0.29) is 0 Å². The van der Waals surface area contributed by atoms with Gasteiger partial charge in [-0.1, -0.05) is 46.4 Å². The molecule has 0 aliphatic rings. The van der Waals surface area contributed by atoms with E-state index >= 15 is 0 Å². The molecule has 3 aromatic rings. The summed E-state index contributed by atoms with van der Waals surface area (Å²) < 4.78 is 0. The van der Waals surface area contributed by atoms with E-state index in [2.05, 4.69) is 9.97 Å². The molecule has 2 nitrogen and oxygen atoms in total. The summed E-state index contributed by atoms with van der Waals surface area (Å²) in [5, 5.41) is 3.07. The maximum Gasteiger partial charge on any atom is 0.0912 e. The van der Waals surface area contributed by atoms with Crippen LogP contribution in [-0.2, 0) is 0 Å². The molecule has 0 saturated heterocycles. The molecule has 0 aliphatic carbocycles. The van der Waals surface area contributed by atoms with Gasteiger partial charge in [-0.25, -0.2) is 0 Å². The molecule has 3 rings (SSSR count). The van der Waals surface area contributed by atoms with Crippen LogP contribution in [0, 0.1) is 0 Å². The van der Waals surface area contributed by atoms with Crippen molar-refractivity contribution in [3.05, 3.63) is 44.6 Å². The molecule has 0 N–H and O–H groups in total. The molecule has 1 aromatic carbocycles. The molecule has 0 amide bonds. The molecule has 0 atom stereocenters. The van der Waals surface area contributed by atoms with E-state index in [4.69, 9.17) is 46.4 Å². The molecule has 0 fully saturated rings. The SMILES string of the molecule is Clc1cnc2c(Cl)cc3nccc(Cl)c3c2c1Cl. The van der Waals surface area contributed by atoms with Gasteiger partial charge in [0.2, 0.25) is 0 Å². The van der Waals surface area contributed by atoms with Crippen molar-refractivity contribution >= 4 is 68.2 Å². The van der Waals surface area contributed by atoms with Crippen molar-refractivity contribution in [2.75, 3.05) is 0 Å². The third-order valence-corrected chi connectivity index (χ3v) is 4.02. The van der Waals surface area contributed by atoms with Crippen LogP contribution in [0.5, 0.6) is 0 Å². The van der Waals surface area contributed by atoms with Gasteiger partial charge in [0.25, 0.3) is 0 Å². The number of pyridine rings is 2. The monoisotopic (exact) mass is 316 g/mol. The van der Waals surface area contributed by atoms with E-state index in [0.717, 1.165) is 0 Å². The van der Waals surface area contributed by atoms with Crippen molar-refractivity contribution in [2.24, 2.45) is 0 Å². The number of aromatic nitrogens is 2. The lowest BCUT2D eigenvalue weighted by Crippen LogP contribution is -1.88. The number of hydrogen-bond donors (Lipinski definition) is 0. The molecule has 0 bridgehead atoms. The second-order valence-electron chi connectivity index (χ2n) is 3.69. The van der Waals surface area contributed by atoms with E-state index in [9.17, 15) is 0 Å². The lowest BCUT2D eigenvalue weighted by molar-refractivity contribution is 1.39. The number of halogens is 4. The fourth-order valence-electron chi connectivity index (χ4n) is 1.87. The highest BCUT2D eigenvalue weighted by Gasteiger charge is 2.15. The van der Waals surface area contributed by atoms with Crippen molar-refractivity contribution < 1.29 is 0 Å². The molecule has 90 valence electrons. The molecule has 0 unspecified atom stereocenters. The minimum atomic E-state index is 0.354. The number of rotatable bonds is 0. The van der Waals surface area contributed by atoms with Crippen LogP contribution in [0.4, 0.5) is 0 Å². The van der Waals surface area contributed by atoms with Gasteiger partial charge in [-0.2, -0.15) is 0 Å². The first-order valence-electron chi connectivity index (χ1n) is 4.96. The van der Waals surface area contributed by atoms with Gasteiger partial charge in [0.15, 0.2) is 0 Å². The maximum absolute atomic E-state index is 6.23. The molecule has 0 radical (unpaired) electrons. The Hall–Kier alpha value is -0.800. The Morgan fingerprint density at radius 2 is 1.61 bits per heavy atom. The van der Waals surface area contributed by atoms with Crippen LogP contribution in [0.25, 0.3) is 21.8 Å². The molecule has 2 heterocycles. The molecular formula is C12H4Cl4N2. The zero-order chi connectivity index (χ0) is 12.9. The molecule has 0 aliphatic heterocycles. The van der Waals surface area contributed by atoms with E-state index in [1.165, 1.54) is 6.20 Å². The summed E-state index contributed by atoms with van der Waals surface area (Å²) in [6.45, 7) is 0. The van der Waals surface area contributed by atoms with Crippen LogP contribution in [0.3, 0.4) is 0 Å². The molecule has 6 heteroatoms. The Labute approximate surface area is 122 Å². The smallest absolute Gasteiger partial charge is 0.0912 e. The number of benzene rings is 1. The van der Waals surface area contributed by atoms with Crippen LogP contribution in [0.2, 0.25) is 20.1 Å². The Kier molecular flexibility index (Phi) is 2.99. The largest absolute Gasteiger partial charge is 0.256 e. The van der Waals surface area contributed by atoms with E-state index in [0.29, 0.717) is 41.9 Å². The summed E-state index contributed by atoms with van der Waals surface area (Å²) in [6, 6.07) is 3.40. The van der Waals surface area contributed by atoms with Gasteiger partial charge < -0.3 is 0 Å². The lowest BCUT2D eigenvalue weighted by atomic mass is 10.1. The number of nitrogens with zero attached hydrogens (tertiary/aromatic N) is 2. The Bertz CT molecular complexity index is 786. The van der Waals surface area contributed by atoms with Crippen molar-refractivity contribution in [1.82, 2.24) is 9.97 Å². The van der Waals surface area contributed by atoms with Gasteiger partial charge in [0.1, 0.15) is 0 Å². The standard InChI is InChI=1S/C12H4Cl4N2/c13-5-1-2-17-8-3-6(14)12-10(9(5)8)11(16)7(15)4-18-12/h1-4H. The van der Waals surface area contributed by atoms with E-state index in [1.54, 1.807) is 18.3 Å². The normalized spacial score (nSPS) is 11.3. The van der Waals surface area contributed by atoms with Gasteiger partial charge in [-0.05, 0) is 12.1 Å². The van der Waals surface area contributed by atoms with Crippen LogP contribution < -0.4 is 0 Å². The molecular weight excluding hydrogens is 314 g/mol. The summed E-state index contributed by atoms with van der Waals surface area (Å²) in [7, 11) is 0. The maximum atomic E-state index is 6.23. The molecule has 0 spiro atoms. The summed E-state index contributed by atoms with van der Waals surface area (Å²) in [4.78, 5) is 8.42. The topological polar surface area (TPSA) is 25.8 Å². The third-order valence-electron chi connectivity index (χ3n) is 2.64. The predicted molar refractivity (Wildman–Crippen MR) is 77.1 cm³/mol. The van der Waals surface area contributed by atoms with Crippen LogP contribution in [-0.4, -0.2) is 9.97 Å². The fourth-order valence-corrected chi connectivity index (χ4v) is 2.74. The van der Waals surface area contributed by atoms with Gasteiger partial charge in [-0.3, -0.25) is 9.97 Å². The zero-order valence-electron chi connectivity index (χ0n) is 8.72. The quantitative estimate of drug-likeness (QED) is 0.519. The number of hydrogen-bond acceptors (Lipinski definition) is 2. The average Bonchev–Trinajstić information content (AvgIpc) is 2.34. The molecule has 18 heavy (non-hydrogen) atoms. The van der Waals surface area contributed by atoms with Crippen LogP contribution >= 0.6 is 46.4 Å². The van der Waals surface area contributed by atoms with E-state index in [1.807, 2.05) is 0 Å². The summed E-state index contributed by atoms with van der Waals surface area (Å²) in [5.74, 6) is 0. The molecule has 0 saturated carbocycles. The van der Waals surface area contributed by atoms with E-state index < -0.39 is 0 Å². The lowest BCUT2D eigenvalue weighted by Gasteiger charge is -2.08. The molecule has 2 aromatic heterocycles. The van der Waals surface area contributed by atoms with Crippen molar-refractivity contribution in [2.45, 2.75) is 0 Å².